The van der Waals surface area contributed by atoms with Crippen LogP contribution < -0.4 is 14.8 Å². The van der Waals surface area contributed by atoms with Crippen LogP contribution in [0.15, 0.2) is 47.4 Å². The van der Waals surface area contributed by atoms with Gasteiger partial charge in [-0.15, -0.1) is 0 Å². The minimum atomic E-state index is -3.91. The number of primary sulfonamides is 1. The molecule has 0 aliphatic carbocycles. The summed E-state index contributed by atoms with van der Waals surface area (Å²) in [6.07, 6.45) is 2.17. The van der Waals surface area contributed by atoms with Crippen LogP contribution in [0.1, 0.15) is 38.2 Å². The third kappa shape index (κ3) is 3.96. The fourth-order valence-electron chi connectivity index (χ4n) is 3.05. The molecule has 0 radical (unpaired) electrons. The number of nitrogens with two attached hydrogens (primary N) is 1. The molecule has 5 nitrogen and oxygen atoms in total. The zero-order valence-electron chi connectivity index (χ0n) is 14.6. The fourth-order valence-corrected chi connectivity index (χ4v) is 3.76. The Morgan fingerprint density at radius 2 is 1.72 bits per heavy atom. The lowest BCUT2D eigenvalue weighted by atomic mass is 10.0. The average Bonchev–Trinajstić information content (AvgIpc) is 3.09. The van der Waals surface area contributed by atoms with Gasteiger partial charge in [-0.05, 0) is 48.6 Å². The summed E-state index contributed by atoms with van der Waals surface area (Å²) in [7, 11) is -3.91. The number of sulfonamides is 1. The van der Waals surface area contributed by atoms with Crippen LogP contribution in [0.2, 0.25) is 0 Å². The maximum atomic E-state index is 12.3. The second-order valence-electron chi connectivity index (χ2n) is 6.68. The van der Waals surface area contributed by atoms with Crippen LogP contribution in [-0.4, -0.2) is 21.5 Å². The molecule has 0 spiro atoms. The Bertz CT molecular complexity index is 842. The molecule has 0 atom stereocenters. The number of nitrogens with zero attached hydrogens (tertiary/aromatic N) is 1. The zero-order valence-corrected chi connectivity index (χ0v) is 15.4. The Balaban J connectivity index is 2.20. The van der Waals surface area contributed by atoms with Crippen molar-refractivity contribution in [2.45, 2.75) is 37.5 Å². The van der Waals surface area contributed by atoms with Gasteiger partial charge in [0.2, 0.25) is 10.0 Å². The number of rotatable bonds is 5. The van der Waals surface area contributed by atoms with Crippen molar-refractivity contribution >= 4 is 15.7 Å². The molecule has 134 valence electrons. The molecule has 2 N–H and O–H groups in total. The van der Waals surface area contributed by atoms with Crippen molar-refractivity contribution in [1.29, 1.82) is 0 Å². The Kier molecular flexibility index (Phi) is 5.01. The van der Waals surface area contributed by atoms with E-state index in [-0.39, 0.29) is 10.8 Å². The first kappa shape index (κ1) is 17.8. The van der Waals surface area contributed by atoms with Gasteiger partial charge >= 0.3 is 0 Å². The van der Waals surface area contributed by atoms with Crippen LogP contribution in [-0.2, 0) is 10.0 Å². The predicted molar refractivity (Wildman–Crippen MR) is 99.9 cm³/mol. The quantitative estimate of drug-likeness (QED) is 0.879. The van der Waals surface area contributed by atoms with Crippen LogP contribution in [0.5, 0.6) is 11.5 Å². The Morgan fingerprint density at radius 1 is 1.08 bits per heavy atom. The first-order valence-corrected chi connectivity index (χ1v) is 10.1. The van der Waals surface area contributed by atoms with Crippen LogP contribution in [0.3, 0.4) is 0 Å². The lowest BCUT2D eigenvalue weighted by Crippen LogP contribution is -2.21. The van der Waals surface area contributed by atoms with Crippen molar-refractivity contribution in [2.24, 2.45) is 5.14 Å². The maximum Gasteiger partial charge on any atom is 0.241 e. The van der Waals surface area contributed by atoms with E-state index in [0.717, 1.165) is 37.2 Å². The van der Waals surface area contributed by atoms with Crippen LogP contribution in [0.4, 0.5) is 5.69 Å². The highest BCUT2D eigenvalue weighted by Gasteiger charge is 2.26. The molecular formula is C19H24N2O3S. The topological polar surface area (TPSA) is 72.6 Å². The van der Waals surface area contributed by atoms with Gasteiger partial charge in [0, 0.05) is 13.1 Å². The molecule has 1 saturated heterocycles. The predicted octanol–water partition coefficient (Wildman–Crippen LogP) is 3.85. The van der Waals surface area contributed by atoms with Crippen LogP contribution >= 0.6 is 0 Å². The molecule has 0 bridgehead atoms. The van der Waals surface area contributed by atoms with Gasteiger partial charge in [-0.2, -0.15) is 0 Å². The maximum absolute atomic E-state index is 12.3. The van der Waals surface area contributed by atoms with E-state index < -0.39 is 10.0 Å². The van der Waals surface area contributed by atoms with Crippen molar-refractivity contribution in [3.63, 3.8) is 0 Å². The van der Waals surface area contributed by atoms with Gasteiger partial charge in [0.25, 0.3) is 0 Å². The summed E-state index contributed by atoms with van der Waals surface area (Å²) in [4.78, 5) is 2.23. The molecule has 6 heteroatoms. The molecule has 0 saturated carbocycles. The van der Waals surface area contributed by atoms with E-state index in [2.05, 4.69) is 4.90 Å². The molecule has 0 amide bonds. The molecule has 1 aliphatic rings. The van der Waals surface area contributed by atoms with Crippen molar-refractivity contribution in [1.82, 2.24) is 0 Å². The van der Waals surface area contributed by atoms with Gasteiger partial charge in [0.1, 0.15) is 10.6 Å². The van der Waals surface area contributed by atoms with E-state index >= 15 is 0 Å². The van der Waals surface area contributed by atoms with Gasteiger partial charge in [-0.25, -0.2) is 13.6 Å². The summed E-state index contributed by atoms with van der Waals surface area (Å²) in [6.45, 7) is 5.84. The zero-order chi connectivity index (χ0) is 18.0. The molecule has 0 unspecified atom stereocenters. The molecule has 1 fully saturated rings. The minimum Gasteiger partial charge on any atom is -0.454 e. The monoisotopic (exact) mass is 360 g/mol. The van der Waals surface area contributed by atoms with Crippen molar-refractivity contribution < 1.29 is 13.2 Å². The van der Waals surface area contributed by atoms with E-state index in [4.69, 9.17) is 9.88 Å². The number of hydrogen-bond donors (Lipinski definition) is 1. The van der Waals surface area contributed by atoms with Gasteiger partial charge in [0.05, 0.1) is 5.69 Å². The van der Waals surface area contributed by atoms with E-state index in [1.54, 1.807) is 18.2 Å². The van der Waals surface area contributed by atoms with Crippen molar-refractivity contribution in [2.75, 3.05) is 18.0 Å². The summed E-state index contributed by atoms with van der Waals surface area (Å²) in [5, 5.41) is 5.52. The fraction of sp³-hybridized carbons (Fsp3) is 0.368. The molecule has 25 heavy (non-hydrogen) atoms. The average molecular weight is 360 g/mol. The SMILES string of the molecule is CC(C)c1cc(N2CCCC2)c(Oc2ccccc2)c(S(N)(=O)=O)c1. The highest BCUT2D eigenvalue weighted by Crippen LogP contribution is 2.41. The van der Waals surface area contributed by atoms with Gasteiger partial charge < -0.3 is 9.64 Å². The number of anilines is 1. The highest BCUT2D eigenvalue weighted by atomic mass is 32.2. The van der Waals surface area contributed by atoms with E-state index in [1.807, 2.05) is 38.1 Å². The largest absolute Gasteiger partial charge is 0.454 e. The Hall–Kier alpha value is -2.05. The summed E-state index contributed by atoms with van der Waals surface area (Å²) >= 11 is 0. The third-order valence-electron chi connectivity index (χ3n) is 4.44. The van der Waals surface area contributed by atoms with Crippen molar-refractivity contribution in [3.8, 4) is 11.5 Å². The van der Waals surface area contributed by atoms with E-state index in [9.17, 15) is 8.42 Å². The van der Waals surface area contributed by atoms with Crippen LogP contribution in [0.25, 0.3) is 0 Å². The number of para-hydroxylation sites is 1. The molecule has 1 heterocycles. The Labute approximate surface area is 149 Å². The summed E-state index contributed by atoms with van der Waals surface area (Å²) in [5.74, 6) is 1.10. The molecule has 2 aromatic rings. The van der Waals surface area contributed by atoms with Crippen LogP contribution in [0, 0.1) is 0 Å². The van der Waals surface area contributed by atoms with Gasteiger partial charge in [-0.3, -0.25) is 0 Å². The lowest BCUT2D eigenvalue weighted by molar-refractivity contribution is 0.466. The normalized spacial score (nSPS) is 15.0. The minimum absolute atomic E-state index is 0.0458. The first-order valence-electron chi connectivity index (χ1n) is 8.55. The molecule has 1 aliphatic heterocycles. The first-order chi connectivity index (χ1) is 11.9. The summed E-state index contributed by atoms with van der Waals surface area (Å²) in [5.41, 5.74) is 1.74. The number of ether oxygens (including phenoxy) is 1. The third-order valence-corrected chi connectivity index (χ3v) is 5.36. The van der Waals surface area contributed by atoms with Crippen molar-refractivity contribution in [3.05, 3.63) is 48.0 Å². The number of hydrogen-bond acceptors (Lipinski definition) is 4. The summed E-state index contributed by atoms with van der Waals surface area (Å²) in [6, 6.07) is 12.9. The van der Waals surface area contributed by atoms with E-state index in [1.165, 1.54) is 0 Å². The van der Waals surface area contributed by atoms with Gasteiger partial charge in [-0.1, -0.05) is 32.0 Å². The summed E-state index contributed by atoms with van der Waals surface area (Å²) < 4.78 is 30.5. The van der Waals surface area contributed by atoms with E-state index in [0.29, 0.717) is 11.5 Å². The van der Waals surface area contributed by atoms with Gasteiger partial charge in [0.15, 0.2) is 5.75 Å². The highest BCUT2D eigenvalue weighted by molar-refractivity contribution is 7.89. The second kappa shape index (κ2) is 7.06. The Morgan fingerprint density at radius 3 is 2.28 bits per heavy atom. The molecule has 3 rings (SSSR count). The smallest absolute Gasteiger partial charge is 0.241 e. The number of benzene rings is 2. The molecule has 0 aromatic heterocycles. The standard InChI is InChI=1S/C19H24N2O3S/c1-14(2)15-12-17(21-10-6-7-11-21)19(18(13-15)25(20,22)23)24-16-8-4-3-5-9-16/h3-5,8-9,12-14H,6-7,10-11H2,1-2H3,(H2,20,22,23). The molecule has 2 aromatic carbocycles. The lowest BCUT2D eigenvalue weighted by Gasteiger charge is -2.25. The molecular weight excluding hydrogens is 336 g/mol. The second-order valence-corrected chi connectivity index (χ2v) is 8.21.